The summed E-state index contributed by atoms with van der Waals surface area (Å²) in [6, 6.07) is 17.7. The van der Waals surface area contributed by atoms with E-state index in [1.54, 1.807) is 17.4 Å². The minimum Gasteiger partial charge on any atom is -0.457 e. The fourth-order valence-electron chi connectivity index (χ4n) is 2.93. The van der Waals surface area contributed by atoms with Crippen molar-refractivity contribution in [2.75, 3.05) is 0 Å². The number of para-hydroxylation sites is 1. The summed E-state index contributed by atoms with van der Waals surface area (Å²) in [7, 11) is 0. The number of benzene rings is 2. The van der Waals surface area contributed by atoms with Crippen molar-refractivity contribution in [3.05, 3.63) is 75.4 Å². The summed E-state index contributed by atoms with van der Waals surface area (Å²) in [5, 5.41) is 2.38. The molecular weight excluding hydrogens is 385 g/mol. The molecule has 2 aromatic carbocycles. The number of fused-ring (bicyclic) bond motifs is 1. The Hall–Kier alpha value is -2.07. The van der Waals surface area contributed by atoms with E-state index in [2.05, 4.69) is 41.8 Å². The summed E-state index contributed by atoms with van der Waals surface area (Å²) in [4.78, 5) is 0. The number of aromatic nitrogens is 1. The lowest BCUT2D eigenvalue weighted by molar-refractivity contribution is -0.665. The molecule has 0 fully saturated rings. The van der Waals surface area contributed by atoms with E-state index in [0.717, 1.165) is 23.6 Å². The Morgan fingerprint density at radius 3 is 2.69 bits per heavy atom. The molecule has 0 saturated carbocycles. The topological polar surface area (TPSA) is 17.0 Å². The molecule has 0 amide bonds. The third-order valence-corrected chi connectivity index (χ3v) is 5.84. The molecule has 4 aromatic rings. The van der Waals surface area contributed by atoms with Crippen molar-refractivity contribution in [1.29, 1.82) is 0 Å². The van der Waals surface area contributed by atoms with Crippen molar-refractivity contribution in [3.8, 4) is 11.3 Å². The highest BCUT2D eigenvalue weighted by Gasteiger charge is 2.16. The molecule has 0 aliphatic rings. The quantitative estimate of drug-likeness (QED) is 0.338. The molecule has 2 heterocycles. The molecule has 2 aromatic heterocycles. The van der Waals surface area contributed by atoms with Crippen LogP contribution in [-0.2, 0) is 6.54 Å². The van der Waals surface area contributed by atoms with Crippen LogP contribution in [0.5, 0.6) is 0 Å². The van der Waals surface area contributed by atoms with E-state index >= 15 is 0 Å². The van der Waals surface area contributed by atoms with Crippen LogP contribution in [-0.4, -0.2) is 0 Å². The highest BCUT2D eigenvalue weighted by atomic mass is 35.5. The van der Waals surface area contributed by atoms with Gasteiger partial charge in [-0.05, 0) is 49.4 Å². The minimum absolute atomic E-state index is 0.579. The van der Waals surface area contributed by atoms with Crippen LogP contribution in [0.15, 0.2) is 59.0 Å². The third kappa shape index (κ3) is 3.30. The van der Waals surface area contributed by atoms with Crippen molar-refractivity contribution in [3.63, 3.8) is 0 Å². The van der Waals surface area contributed by atoms with Gasteiger partial charge in [0.05, 0.1) is 5.02 Å². The molecule has 26 heavy (non-hydrogen) atoms. The van der Waals surface area contributed by atoms with Gasteiger partial charge in [-0.2, -0.15) is 4.57 Å². The SMILES string of the molecule is CC[n+]1c(/C=C/c2ccc(-c3ccc(Cl)cc3Cl)o2)sc2ccccc21. The highest BCUT2D eigenvalue weighted by Crippen LogP contribution is 2.32. The maximum atomic E-state index is 6.27. The molecule has 4 rings (SSSR count). The molecule has 0 radical (unpaired) electrons. The molecule has 2 nitrogen and oxygen atoms in total. The van der Waals surface area contributed by atoms with Gasteiger partial charge < -0.3 is 4.42 Å². The normalized spacial score (nSPS) is 11.7. The Labute approximate surface area is 165 Å². The molecule has 0 saturated heterocycles. The first-order chi connectivity index (χ1) is 12.7. The Morgan fingerprint density at radius 2 is 1.88 bits per heavy atom. The van der Waals surface area contributed by atoms with Crippen LogP contribution in [0.2, 0.25) is 10.0 Å². The monoisotopic (exact) mass is 400 g/mol. The zero-order valence-corrected chi connectivity index (χ0v) is 16.4. The van der Waals surface area contributed by atoms with E-state index in [0.29, 0.717) is 10.0 Å². The van der Waals surface area contributed by atoms with E-state index in [4.69, 9.17) is 27.6 Å². The van der Waals surface area contributed by atoms with Crippen molar-refractivity contribution < 1.29 is 8.98 Å². The van der Waals surface area contributed by atoms with Gasteiger partial charge in [0.25, 0.3) is 5.01 Å². The summed E-state index contributed by atoms with van der Waals surface area (Å²) < 4.78 is 9.52. The first-order valence-corrected chi connectivity index (χ1v) is 9.87. The van der Waals surface area contributed by atoms with Gasteiger partial charge in [-0.1, -0.05) is 46.7 Å². The number of halogens is 2. The number of aryl methyl sites for hydroxylation is 1. The summed E-state index contributed by atoms with van der Waals surface area (Å²) >= 11 is 14.0. The fraction of sp³-hybridized carbons (Fsp3) is 0.0952. The van der Waals surface area contributed by atoms with Crippen LogP contribution >= 0.6 is 34.5 Å². The summed E-state index contributed by atoms with van der Waals surface area (Å²) in [6.45, 7) is 3.08. The number of rotatable bonds is 4. The second kappa shape index (κ2) is 7.28. The fourth-order valence-corrected chi connectivity index (χ4v) is 4.56. The van der Waals surface area contributed by atoms with Crippen molar-refractivity contribution in [2.24, 2.45) is 0 Å². The number of hydrogen-bond donors (Lipinski definition) is 0. The molecule has 0 aliphatic heterocycles. The highest BCUT2D eigenvalue weighted by molar-refractivity contribution is 7.18. The minimum atomic E-state index is 0.579. The predicted molar refractivity (Wildman–Crippen MR) is 111 cm³/mol. The van der Waals surface area contributed by atoms with Crippen LogP contribution < -0.4 is 4.57 Å². The Kier molecular flexibility index (Phi) is 4.86. The van der Waals surface area contributed by atoms with Gasteiger partial charge in [0, 0.05) is 22.7 Å². The number of nitrogens with zero attached hydrogens (tertiary/aromatic N) is 1. The lowest BCUT2D eigenvalue weighted by Crippen LogP contribution is -2.33. The van der Waals surface area contributed by atoms with Gasteiger partial charge in [-0.15, -0.1) is 0 Å². The largest absolute Gasteiger partial charge is 0.457 e. The second-order valence-corrected chi connectivity index (χ2v) is 7.72. The molecule has 0 unspecified atom stereocenters. The number of hydrogen-bond acceptors (Lipinski definition) is 2. The van der Waals surface area contributed by atoms with Crippen molar-refractivity contribution in [1.82, 2.24) is 0 Å². The van der Waals surface area contributed by atoms with Gasteiger partial charge in [0.15, 0.2) is 0 Å². The van der Waals surface area contributed by atoms with E-state index in [-0.39, 0.29) is 0 Å². The van der Waals surface area contributed by atoms with E-state index in [1.807, 2.05) is 30.3 Å². The first-order valence-electron chi connectivity index (χ1n) is 8.30. The Balaban J connectivity index is 1.65. The van der Waals surface area contributed by atoms with Crippen LogP contribution in [0.1, 0.15) is 17.7 Å². The van der Waals surface area contributed by atoms with Crippen LogP contribution in [0, 0.1) is 0 Å². The molecular formula is C21H16Cl2NOS+. The van der Waals surface area contributed by atoms with Gasteiger partial charge in [-0.3, -0.25) is 0 Å². The summed E-state index contributed by atoms with van der Waals surface area (Å²) in [5.41, 5.74) is 2.09. The van der Waals surface area contributed by atoms with E-state index < -0.39 is 0 Å². The average molecular weight is 401 g/mol. The maximum absolute atomic E-state index is 6.27. The molecule has 0 N–H and O–H groups in total. The summed E-state index contributed by atoms with van der Waals surface area (Å²) in [5.74, 6) is 1.51. The Morgan fingerprint density at radius 1 is 1.04 bits per heavy atom. The molecule has 5 heteroatoms. The van der Waals surface area contributed by atoms with Crippen LogP contribution in [0.4, 0.5) is 0 Å². The van der Waals surface area contributed by atoms with Crippen molar-refractivity contribution >= 4 is 56.9 Å². The molecule has 130 valence electrons. The second-order valence-electron chi connectivity index (χ2n) is 5.81. The lowest BCUT2D eigenvalue weighted by atomic mass is 10.2. The van der Waals surface area contributed by atoms with Gasteiger partial charge in [0.1, 0.15) is 22.8 Å². The number of furan rings is 1. The lowest BCUT2D eigenvalue weighted by Gasteiger charge is -2.00. The zero-order chi connectivity index (χ0) is 18.1. The molecule has 0 spiro atoms. The maximum Gasteiger partial charge on any atom is 0.262 e. The third-order valence-electron chi connectivity index (χ3n) is 4.17. The molecule has 0 atom stereocenters. The summed E-state index contributed by atoms with van der Waals surface area (Å²) in [6.07, 6.45) is 4.09. The zero-order valence-electron chi connectivity index (χ0n) is 14.1. The molecule has 0 aliphatic carbocycles. The predicted octanol–water partition coefficient (Wildman–Crippen LogP) is 6.95. The Bertz CT molecular complexity index is 1110. The molecule has 0 bridgehead atoms. The van der Waals surface area contributed by atoms with E-state index in [1.165, 1.54) is 15.2 Å². The number of thiazole rings is 1. The average Bonchev–Trinajstić information content (AvgIpc) is 3.23. The van der Waals surface area contributed by atoms with Crippen LogP contribution in [0.25, 0.3) is 33.7 Å². The van der Waals surface area contributed by atoms with Gasteiger partial charge >= 0.3 is 0 Å². The smallest absolute Gasteiger partial charge is 0.262 e. The first kappa shape index (κ1) is 17.3. The van der Waals surface area contributed by atoms with Gasteiger partial charge in [0.2, 0.25) is 5.52 Å². The van der Waals surface area contributed by atoms with Crippen molar-refractivity contribution in [2.45, 2.75) is 13.5 Å². The van der Waals surface area contributed by atoms with Gasteiger partial charge in [-0.25, -0.2) is 0 Å². The van der Waals surface area contributed by atoms with Crippen LogP contribution in [0.3, 0.4) is 0 Å². The standard InChI is InChI=1S/C21H16Cl2NOS/c1-2-24-18-5-3-4-6-20(18)26-21(24)12-9-15-8-11-19(25-15)16-10-7-14(22)13-17(16)23/h3-13H,2H2,1H3/q+1/b12-9+. The van der Waals surface area contributed by atoms with E-state index in [9.17, 15) is 0 Å².